The van der Waals surface area contributed by atoms with Crippen LogP contribution < -0.4 is 4.74 Å². The van der Waals surface area contributed by atoms with Gasteiger partial charge in [-0.3, -0.25) is 0 Å². The monoisotopic (exact) mass is 414 g/mol. The third-order valence-corrected chi connectivity index (χ3v) is 4.90. The predicted octanol–water partition coefficient (Wildman–Crippen LogP) is 4.78. The molecule has 3 rings (SSSR count). The number of hydrogen-bond donors (Lipinski definition) is 0. The summed E-state index contributed by atoms with van der Waals surface area (Å²) < 4.78 is 46.3. The van der Waals surface area contributed by atoms with Crippen LogP contribution in [0.25, 0.3) is 5.69 Å². The standard InChI is InChI=1S/C17H14ClF3N4OS/c1-26-13-4-2-3-11(7-13)9-27-10-16-22-23-24-25(16)15-6-5-12(18)8-14(15)17(19,20)21/h2-8H,9-10H2,1H3. The van der Waals surface area contributed by atoms with Gasteiger partial charge in [0.25, 0.3) is 0 Å². The van der Waals surface area contributed by atoms with E-state index < -0.39 is 11.7 Å². The van der Waals surface area contributed by atoms with Gasteiger partial charge in [-0.15, -0.1) is 16.9 Å². The highest BCUT2D eigenvalue weighted by Gasteiger charge is 2.35. The number of alkyl halides is 3. The average molecular weight is 415 g/mol. The van der Waals surface area contributed by atoms with E-state index in [9.17, 15) is 13.2 Å². The van der Waals surface area contributed by atoms with Gasteiger partial charge in [0.1, 0.15) is 5.75 Å². The summed E-state index contributed by atoms with van der Waals surface area (Å²) in [4.78, 5) is 0. The van der Waals surface area contributed by atoms with E-state index in [-0.39, 0.29) is 10.7 Å². The molecule has 0 radical (unpaired) electrons. The summed E-state index contributed by atoms with van der Waals surface area (Å²) in [6, 6.07) is 11.1. The summed E-state index contributed by atoms with van der Waals surface area (Å²) in [5, 5.41) is 11.1. The Morgan fingerprint density at radius 3 is 2.70 bits per heavy atom. The molecule has 1 aromatic heterocycles. The van der Waals surface area contributed by atoms with Gasteiger partial charge in [0, 0.05) is 10.8 Å². The van der Waals surface area contributed by atoms with Gasteiger partial charge in [0.15, 0.2) is 5.82 Å². The second kappa shape index (κ2) is 8.18. The van der Waals surface area contributed by atoms with Crippen LogP contribution in [-0.2, 0) is 17.7 Å². The number of tetrazole rings is 1. The Bertz CT molecular complexity index is 933. The van der Waals surface area contributed by atoms with Gasteiger partial charge < -0.3 is 4.74 Å². The third kappa shape index (κ3) is 4.72. The molecule has 2 aromatic carbocycles. The van der Waals surface area contributed by atoms with Crippen molar-refractivity contribution < 1.29 is 17.9 Å². The molecule has 142 valence electrons. The topological polar surface area (TPSA) is 52.8 Å². The molecule has 0 aliphatic rings. The molecule has 27 heavy (non-hydrogen) atoms. The Balaban J connectivity index is 1.79. The van der Waals surface area contributed by atoms with Crippen LogP contribution in [0.2, 0.25) is 5.02 Å². The van der Waals surface area contributed by atoms with E-state index in [1.54, 1.807) is 7.11 Å². The molecular weight excluding hydrogens is 401 g/mol. The van der Waals surface area contributed by atoms with E-state index in [0.29, 0.717) is 17.3 Å². The molecule has 0 amide bonds. The highest BCUT2D eigenvalue weighted by molar-refractivity contribution is 7.97. The zero-order valence-corrected chi connectivity index (χ0v) is 15.6. The van der Waals surface area contributed by atoms with Gasteiger partial charge in [0.2, 0.25) is 0 Å². The van der Waals surface area contributed by atoms with Gasteiger partial charge in [0.05, 0.1) is 24.1 Å². The Morgan fingerprint density at radius 1 is 1.15 bits per heavy atom. The first kappa shape index (κ1) is 19.5. The molecule has 0 atom stereocenters. The normalized spacial score (nSPS) is 11.6. The number of nitrogens with zero attached hydrogens (tertiary/aromatic N) is 4. The van der Waals surface area contributed by atoms with E-state index >= 15 is 0 Å². The lowest BCUT2D eigenvalue weighted by Gasteiger charge is -2.13. The second-order valence-corrected chi connectivity index (χ2v) is 6.93. The Labute approximate surface area is 162 Å². The lowest BCUT2D eigenvalue weighted by molar-refractivity contribution is -0.137. The lowest BCUT2D eigenvalue weighted by Crippen LogP contribution is -2.13. The number of thioether (sulfide) groups is 1. The molecule has 0 saturated carbocycles. The van der Waals surface area contributed by atoms with Gasteiger partial charge in [-0.2, -0.15) is 17.9 Å². The molecule has 0 spiro atoms. The molecule has 1 heterocycles. The van der Waals surface area contributed by atoms with E-state index in [4.69, 9.17) is 16.3 Å². The zero-order chi connectivity index (χ0) is 19.4. The maximum Gasteiger partial charge on any atom is 0.418 e. The molecule has 0 aliphatic heterocycles. The molecule has 0 bridgehead atoms. The first-order valence-corrected chi connectivity index (χ1v) is 9.27. The maximum atomic E-state index is 13.3. The largest absolute Gasteiger partial charge is 0.497 e. The van der Waals surface area contributed by atoms with Crippen molar-refractivity contribution in [3.63, 3.8) is 0 Å². The van der Waals surface area contributed by atoms with Gasteiger partial charge in [-0.1, -0.05) is 23.7 Å². The van der Waals surface area contributed by atoms with Crippen LogP contribution in [0.1, 0.15) is 17.0 Å². The van der Waals surface area contributed by atoms with Crippen LogP contribution in [0, 0.1) is 0 Å². The average Bonchev–Trinajstić information content (AvgIpc) is 3.09. The van der Waals surface area contributed by atoms with Gasteiger partial charge in [-0.25, -0.2) is 0 Å². The highest BCUT2D eigenvalue weighted by Crippen LogP contribution is 2.35. The summed E-state index contributed by atoms with van der Waals surface area (Å²) in [6.45, 7) is 0. The van der Waals surface area contributed by atoms with Crippen molar-refractivity contribution in [2.75, 3.05) is 7.11 Å². The number of methoxy groups -OCH3 is 1. The molecule has 10 heteroatoms. The van der Waals surface area contributed by atoms with Crippen molar-refractivity contribution in [1.82, 2.24) is 20.2 Å². The molecule has 0 saturated heterocycles. The minimum Gasteiger partial charge on any atom is -0.497 e. The minimum absolute atomic E-state index is 0.00639. The number of aromatic nitrogens is 4. The van der Waals surface area contributed by atoms with Gasteiger partial charge >= 0.3 is 6.18 Å². The molecule has 0 unspecified atom stereocenters. The maximum absolute atomic E-state index is 13.3. The summed E-state index contributed by atoms with van der Waals surface area (Å²) in [5.41, 5.74) is -0.0175. The molecule has 0 aliphatic carbocycles. The van der Waals surface area contributed by atoms with Crippen molar-refractivity contribution in [2.24, 2.45) is 0 Å². The zero-order valence-electron chi connectivity index (χ0n) is 14.1. The summed E-state index contributed by atoms with van der Waals surface area (Å²) >= 11 is 7.21. The lowest BCUT2D eigenvalue weighted by atomic mass is 10.1. The number of ether oxygens (including phenoxy) is 1. The summed E-state index contributed by atoms with van der Waals surface area (Å²) in [5.74, 6) is 2.03. The van der Waals surface area contributed by atoms with Crippen molar-refractivity contribution in [3.05, 3.63) is 64.4 Å². The molecular formula is C17H14ClF3N4OS. The van der Waals surface area contributed by atoms with Gasteiger partial charge in [-0.05, 0) is 46.3 Å². The van der Waals surface area contributed by atoms with Crippen molar-refractivity contribution in [2.45, 2.75) is 17.7 Å². The summed E-state index contributed by atoms with van der Waals surface area (Å²) in [7, 11) is 1.59. The smallest absolute Gasteiger partial charge is 0.418 e. The number of hydrogen-bond acceptors (Lipinski definition) is 5. The first-order valence-electron chi connectivity index (χ1n) is 7.73. The van der Waals surface area contributed by atoms with E-state index in [2.05, 4.69) is 15.5 Å². The third-order valence-electron chi connectivity index (χ3n) is 3.66. The van der Waals surface area contributed by atoms with Crippen molar-refractivity contribution in [3.8, 4) is 11.4 Å². The minimum atomic E-state index is -4.57. The fourth-order valence-electron chi connectivity index (χ4n) is 2.43. The number of halogens is 4. The molecule has 3 aromatic rings. The number of benzene rings is 2. The fraction of sp³-hybridized carbons (Fsp3) is 0.235. The molecule has 0 fully saturated rings. The van der Waals surface area contributed by atoms with Crippen LogP contribution >= 0.6 is 23.4 Å². The first-order chi connectivity index (χ1) is 12.9. The quantitative estimate of drug-likeness (QED) is 0.581. The van der Waals surface area contributed by atoms with Crippen LogP contribution in [-0.4, -0.2) is 27.3 Å². The predicted molar refractivity (Wildman–Crippen MR) is 97.2 cm³/mol. The van der Waals surface area contributed by atoms with Crippen LogP contribution in [0.15, 0.2) is 42.5 Å². The van der Waals surface area contributed by atoms with Crippen LogP contribution in [0.3, 0.4) is 0 Å². The second-order valence-electron chi connectivity index (χ2n) is 5.51. The summed E-state index contributed by atoms with van der Waals surface area (Å²) in [6.07, 6.45) is -4.57. The van der Waals surface area contributed by atoms with Crippen molar-refractivity contribution >= 4 is 23.4 Å². The van der Waals surface area contributed by atoms with Crippen molar-refractivity contribution in [1.29, 1.82) is 0 Å². The fourth-order valence-corrected chi connectivity index (χ4v) is 3.48. The molecule has 5 nitrogen and oxygen atoms in total. The Hall–Kier alpha value is -2.26. The van der Waals surface area contributed by atoms with E-state index in [1.165, 1.54) is 23.9 Å². The van der Waals surface area contributed by atoms with E-state index in [0.717, 1.165) is 22.1 Å². The Morgan fingerprint density at radius 2 is 1.96 bits per heavy atom. The van der Waals surface area contributed by atoms with Crippen LogP contribution in [0.5, 0.6) is 5.75 Å². The Kier molecular flexibility index (Phi) is 5.91. The number of rotatable bonds is 6. The SMILES string of the molecule is COc1cccc(CSCc2nnnn2-c2ccc(Cl)cc2C(F)(F)F)c1. The van der Waals surface area contributed by atoms with Crippen LogP contribution in [0.4, 0.5) is 13.2 Å². The van der Waals surface area contributed by atoms with E-state index in [1.807, 2.05) is 24.3 Å². The molecule has 0 N–H and O–H groups in total. The highest BCUT2D eigenvalue weighted by atomic mass is 35.5.